The minimum atomic E-state index is -0.289. The van der Waals surface area contributed by atoms with Gasteiger partial charge in [-0.15, -0.1) is 0 Å². The van der Waals surface area contributed by atoms with Crippen molar-refractivity contribution in [1.82, 2.24) is 15.5 Å². The zero-order valence-corrected chi connectivity index (χ0v) is 11.0. The van der Waals surface area contributed by atoms with Crippen LogP contribution >= 0.6 is 0 Å². The zero-order valence-electron chi connectivity index (χ0n) is 11.0. The fraction of sp³-hybridized carbons (Fsp3) is 0.429. The predicted octanol–water partition coefficient (Wildman–Crippen LogP) is 2.51. The Morgan fingerprint density at radius 2 is 2.21 bits per heavy atom. The summed E-state index contributed by atoms with van der Waals surface area (Å²) in [5, 5.41) is 7.29. The lowest BCUT2D eigenvalue weighted by Crippen LogP contribution is -2.08. The lowest BCUT2D eigenvalue weighted by atomic mass is 9.98. The molecule has 1 fully saturated rings. The summed E-state index contributed by atoms with van der Waals surface area (Å²) >= 11 is 0. The Balaban J connectivity index is 1.94. The molecule has 1 aromatic heterocycles. The first-order chi connectivity index (χ1) is 9.15. The number of hydrogen-bond donors (Lipinski definition) is 1. The van der Waals surface area contributed by atoms with E-state index in [-0.39, 0.29) is 11.7 Å². The Morgan fingerprint density at radius 3 is 2.95 bits per heavy atom. The minimum Gasteiger partial charge on any atom is -0.339 e. The van der Waals surface area contributed by atoms with Gasteiger partial charge in [0.2, 0.25) is 11.7 Å². The highest BCUT2D eigenvalue weighted by Gasteiger charge is 2.29. The summed E-state index contributed by atoms with van der Waals surface area (Å²) in [4.78, 5) is 4.43. The van der Waals surface area contributed by atoms with E-state index in [1.54, 1.807) is 6.07 Å². The maximum Gasteiger partial charge on any atom is 0.231 e. The highest BCUT2D eigenvalue weighted by atomic mass is 19.1. The molecule has 4 nitrogen and oxygen atoms in total. The molecule has 2 atom stereocenters. The van der Waals surface area contributed by atoms with Crippen LogP contribution in [0.5, 0.6) is 0 Å². The van der Waals surface area contributed by atoms with Gasteiger partial charge in [0.1, 0.15) is 5.82 Å². The summed E-state index contributed by atoms with van der Waals surface area (Å²) in [6.45, 7) is 5.87. The molecule has 3 rings (SSSR count). The van der Waals surface area contributed by atoms with Crippen molar-refractivity contribution in [3.63, 3.8) is 0 Å². The summed E-state index contributed by atoms with van der Waals surface area (Å²) < 4.78 is 18.7. The van der Waals surface area contributed by atoms with Crippen LogP contribution < -0.4 is 5.32 Å². The molecule has 5 heteroatoms. The first kappa shape index (κ1) is 12.3. The fourth-order valence-electron chi connectivity index (χ4n) is 2.47. The molecule has 19 heavy (non-hydrogen) atoms. The van der Waals surface area contributed by atoms with Crippen LogP contribution in [0.25, 0.3) is 11.4 Å². The molecule has 0 saturated carbocycles. The largest absolute Gasteiger partial charge is 0.339 e. The quantitative estimate of drug-likeness (QED) is 0.902. The lowest BCUT2D eigenvalue weighted by molar-refractivity contribution is 0.340. The van der Waals surface area contributed by atoms with Crippen LogP contribution in [0.4, 0.5) is 4.39 Å². The Morgan fingerprint density at radius 1 is 1.37 bits per heavy atom. The van der Waals surface area contributed by atoms with Crippen molar-refractivity contribution < 1.29 is 8.91 Å². The second-order valence-electron chi connectivity index (χ2n) is 5.16. The van der Waals surface area contributed by atoms with E-state index in [0.717, 1.165) is 18.7 Å². The van der Waals surface area contributed by atoms with E-state index in [1.807, 2.05) is 6.92 Å². The SMILES string of the molecule is Cc1ccc(F)cc1-c1noc([C@@H]2CNC[C@H]2C)n1. The molecule has 1 N–H and O–H groups in total. The van der Waals surface area contributed by atoms with Gasteiger partial charge in [-0.25, -0.2) is 4.39 Å². The molecule has 1 aromatic carbocycles. The van der Waals surface area contributed by atoms with Crippen LogP contribution in [0.3, 0.4) is 0 Å². The van der Waals surface area contributed by atoms with Crippen LogP contribution in [-0.4, -0.2) is 23.2 Å². The van der Waals surface area contributed by atoms with Crippen LogP contribution in [0.15, 0.2) is 22.7 Å². The van der Waals surface area contributed by atoms with E-state index in [9.17, 15) is 4.39 Å². The number of hydrogen-bond acceptors (Lipinski definition) is 4. The van der Waals surface area contributed by atoms with Crippen molar-refractivity contribution >= 4 is 0 Å². The van der Waals surface area contributed by atoms with Crippen molar-refractivity contribution in [2.75, 3.05) is 13.1 Å². The first-order valence-electron chi connectivity index (χ1n) is 6.46. The summed E-state index contributed by atoms with van der Waals surface area (Å²) in [5.41, 5.74) is 1.62. The molecule has 0 bridgehead atoms. The molecule has 1 aliphatic heterocycles. The molecule has 1 saturated heterocycles. The van der Waals surface area contributed by atoms with Gasteiger partial charge >= 0.3 is 0 Å². The highest BCUT2D eigenvalue weighted by Crippen LogP contribution is 2.29. The topological polar surface area (TPSA) is 51.0 Å². The maximum absolute atomic E-state index is 13.3. The average Bonchev–Trinajstić information content (AvgIpc) is 3.00. The number of nitrogens with one attached hydrogen (secondary N) is 1. The van der Waals surface area contributed by atoms with Crippen LogP contribution in [0, 0.1) is 18.7 Å². The van der Waals surface area contributed by atoms with Crippen LogP contribution in [0.2, 0.25) is 0 Å². The Bertz CT molecular complexity index is 596. The molecule has 2 heterocycles. The number of aryl methyl sites for hydroxylation is 1. The molecular formula is C14H16FN3O. The molecule has 0 spiro atoms. The molecule has 2 aromatic rings. The van der Waals surface area contributed by atoms with E-state index < -0.39 is 0 Å². The lowest BCUT2D eigenvalue weighted by Gasteiger charge is -2.07. The number of benzene rings is 1. The van der Waals surface area contributed by atoms with E-state index in [4.69, 9.17) is 4.52 Å². The van der Waals surface area contributed by atoms with Gasteiger partial charge in [0.25, 0.3) is 0 Å². The summed E-state index contributed by atoms with van der Waals surface area (Å²) in [6, 6.07) is 4.60. The monoisotopic (exact) mass is 261 g/mol. The van der Waals surface area contributed by atoms with Crippen molar-refractivity contribution in [2.45, 2.75) is 19.8 Å². The fourth-order valence-corrected chi connectivity index (χ4v) is 2.47. The number of rotatable bonds is 2. The van der Waals surface area contributed by atoms with E-state index >= 15 is 0 Å². The van der Waals surface area contributed by atoms with Crippen LogP contribution in [0.1, 0.15) is 24.3 Å². The normalized spacial score (nSPS) is 22.9. The van der Waals surface area contributed by atoms with Gasteiger partial charge in [-0.2, -0.15) is 4.98 Å². The van der Waals surface area contributed by atoms with Crippen molar-refractivity contribution in [3.8, 4) is 11.4 Å². The standard InChI is InChI=1S/C14H16FN3O/c1-8-3-4-10(15)5-11(8)13-17-14(19-18-13)12-7-16-6-9(12)2/h3-5,9,12,16H,6-7H2,1-2H3/t9-,12-/m1/s1. The predicted molar refractivity (Wildman–Crippen MR) is 69.2 cm³/mol. The molecular weight excluding hydrogens is 245 g/mol. The van der Waals surface area contributed by atoms with Crippen molar-refractivity contribution in [2.24, 2.45) is 5.92 Å². The Kier molecular flexibility index (Phi) is 3.06. The van der Waals surface area contributed by atoms with Gasteiger partial charge in [0.05, 0.1) is 5.92 Å². The first-order valence-corrected chi connectivity index (χ1v) is 6.46. The van der Waals surface area contributed by atoms with Gasteiger partial charge in [0, 0.05) is 12.1 Å². The van der Waals surface area contributed by atoms with Crippen LogP contribution in [-0.2, 0) is 0 Å². The molecule has 0 radical (unpaired) electrons. The van der Waals surface area contributed by atoms with Gasteiger partial charge in [-0.1, -0.05) is 18.1 Å². The number of aromatic nitrogens is 2. The van der Waals surface area contributed by atoms with Gasteiger partial charge in [-0.05, 0) is 37.1 Å². The van der Waals surface area contributed by atoms with E-state index in [0.29, 0.717) is 23.2 Å². The molecule has 1 aliphatic rings. The summed E-state index contributed by atoms with van der Waals surface area (Å²) in [7, 11) is 0. The minimum absolute atomic E-state index is 0.245. The van der Waals surface area contributed by atoms with Crippen molar-refractivity contribution in [3.05, 3.63) is 35.5 Å². The third-order valence-electron chi connectivity index (χ3n) is 3.72. The van der Waals surface area contributed by atoms with E-state index in [2.05, 4.69) is 22.4 Å². The maximum atomic E-state index is 13.3. The van der Waals surface area contributed by atoms with E-state index in [1.165, 1.54) is 12.1 Å². The molecule has 0 amide bonds. The van der Waals surface area contributed by atoms with Gasteiger partial charge in [-0.3, -0.25) is 0 Å². The second kappa shape index (κ2) is 4.74. The van der Waals surface area contributed by atoms with Crippen molar-refractivity contribution in [1.29, 1.82) is 0 Å². The Labute approximate surface area is 111 Å². The third kappa shape index (κ3) is 2.26. The summed E-state index contributed by atoms with van der Waals surface area (Å²) in [6.07, 6.45) is 0. The van der Waals surface area contributed by atoms with Gasteiger partial charge in [0.15, 0.2) is 0 Å². The highest BCUT2D eigenvalue weighted by molar-refractivity contribution is 5.59. The Hall–Kier alpha value is -1.75. The average molecular weight is 261 g/mol. The molecule has 0 unspecified atom stereocenters. The molecule has 100 valence electrons. The third-order valence-corrected chi connectivity index (χ3v) is 3.72. The smallest absolute Gasteiger partial charge is 0.231 e. The molecule has 0 aliphatic carbocycles. The second-order valence-corrected chi connectivity index (χ2v) is 5.16. The number of halogens is 1. The number of nitrogens with zero attached hydrogens (tertiary/aromatic N) is 2. The summed E-state index contributed by atoms with van der Waals surface area (Å²) in [5.74, 6) is 1.53. The van der Waals surface area contributed by atoms with Gasteiger partial charge < -0.3 is 9.84 Å². The zero-order chi connectivity index (χ0) is 13.4.